The molecule has 3 rings (SSSR count). The third-order valence-corrected chi connectivity index (χ3v) is 2.92. The Hall–Kier alpha value is -2.07. The molecule has 3 N–H and O–H groups in total. The maximum Gasteiger partial charge on any atom is 0.178 e. The number of nitrogens with one attached hydrogen (secondary N) is 3. The summed E-state index contributed by atoms with van der Waals surface area (Å²) in [6.45, 7) is 0.370. The number of H-pyrrole nitrogens is 1. The number of rotatable bonds is 2. The maximum absolute atomic E-state index is 11.6. The van der Waals surface area contributed by atoms with E-state index in [0.717, 1.165) is 16.9 Å². The first-order valence-corrected chi connectivity index (χ1v) is 5.60. The van der Waals surface area contributed by atoms with Crippen LogP contribution in [0.25, 0.3) is 0 Å². The Balaban J connectivity index is 1.87. The molecule has 1 aliphatic heterocycles. The van der Waals surface area contributed by atoms with Gasteiger partial charge in [0.25, 0.3) is 0 Å². The summed E-state index contributed by atoms with van der Waals surface area (Å²) in [7, 11) is 0. The second-order valence-electron chi connectivity index (χ2n) is 4.05. The molecule has 1 unspecified atom stereocenters. The van der Waals surface area contributed by atoms with Crippen molar-refractivity contribution < 1.29 is 4.79 Å². The van der Waals surface area contributed by atoms with E-state index in [0.29, 0.717) is 6.54 Å². The first kappa shape index (κ1) is 10.1. The molecule has 1 aromatic carbocycles. The van der Waals surface area contributed by atoms with Crippen LogP contribution in [0.5, 0.6) is 0 Å². The van der Waals surface area contributed by atoms with Gasteiger partial charge in [-0.05, 0) is 18.2 Å². The molecule has 17 heavy (non-hydrogen) atoms. The third-order valence-electron chi connectivity index (χ3n) is 2.92. The molecule has 86 valence electrons. The molecule has 1 aromatic heterocycles. The molecule has 0 fully saturated rings. The standard InChI is InChI=1S/C13H13N3O/c17-11-8-15-13(12-10(11)6-7-14-12)16-9-4-2-1-3-5-9/h1-7,13-16H,8H2. The predicted octanol–water partition coefficient (Wildman–Crippen LogP) is 1.91. The second kappa shape index (κ2) is 4.07. The van der Waals surface area contributed by atoms with Crippen LogP contribution in [0, 0.1) is 0 Å². The topological polar surface area (TPSA) is 56.9 Å². The van der Waals surface area contributed by atoms with Crippen LogP contribution in [0.15, 0.2) is 42.6 Å². The average molecular weight is 227 g/mol. The van der Waals surface area contributed by atoms with Gasteiger partial charge in [-0.2, -0.15) is 0 Å². The van der Waals surface area contributed by atoms with E-state index in [1.54, 1.807) is 6.20 Å². The van der Waals surface area contributed by atoms with Gasteiger partial charge in [-0.3, -0.25) is 10.1 Å². The molecule has 1 atom stereocenters. The van der Waals surface area contributed by atoms with Crippen LogP contribution in [0.3, 0.4) is 0 Å². The molecule has 4 heteroatoms. The molecular formula is C13H13N3O. The predicted molar refractivity (Wildman–Crippen MR) is 65.9 cm³/mol. The fourth-order valence-corrected chi connectivity index (χ4v) is 2.08. The number of aromatic nitrogens is 1. The lowest BCUT2D eigenvalue weighted by Crippen LogP contribution is -2.38. The van der Waals surface area contributed by atoms with Crippen LogP contribution in [0.1, 0.15) is 22.2 Å². The van der Waals surface area contributed by atoms with Crippen molar-refractivity contribution in [2.24, 2.45) is 0 Å². The van der Waals surface area contributed by atoms with Crippen molar-refractivity contribution in [2.75, 3.05) is 11.9 Å². The molecule has 1 aliphatic rings. The molecule has 2 aromatic rings. The van der Waals surface area contributed by atoms with E-state index in [4.69, 9.17) is 0 Å². The Bertz CT molecular complexity index is 533. The molecule has 0 bridgehead atoms. The molecule has 0 saturated carbocycles. The number of benzene rings is 1. The van der Waals surface area contributed by atoms with Crippen molar-refractivity contribution in [3.8, 4) is 0 Å². The van der Waals surface area contributed by atoms with Gasteiger partial charge < -0.3 is 10.3 Å². The second-order valence-corrected chi connectivity index (χ2v) is 4.05. The minimum absolute atomic E-state index is 0.0416. The number of hydrogen-bond acceptors (Lipinski definition) is 3. The largest absolute Gasteiger partial charge is 0.365 e. The zero-order chi connectivity index (χ0) is 11.7. The first-order valence-electron chi connectivity index (χ1n) is 5.60. The van der Waals surface area contributed by atoms with Crippen molar-refractivity contribution in [1.82, 2.24) is 10.3 Å². The van der Waals surface area contributed by atoms with Crippen molar-refractivity contribution in [2.45, 2.75) is 6.17 Å². The van der Waals surface area contributed by atoms with Gasteiger partial charge in [0.2, 0.25) is 0 Å². The Morgan fingerprint density at radius 2 is 2.00 bits per heavy atom. The van der Waals surface area contributed by atoms with Gasteiger partial charge in [-0.15, -0.1) is 0 Å². The molecule has 0 aliphatic carbocycles. The minimum Gasteiger partial charge on any atom is -0.365 e. The Morgan fingerprint density at radius 1 is 1.18 bits per heavy atom. The highest BCUT2D eigenvalue weighted by molar-refractivity contribution is 6.00. The zero-order valence-electron chi connectivity index (χ0n) is 9.23. The molecule has 0 saturated heterocycles. The van der Waals surface area contributed by atoms with E-state index >= 15 is 0 Å². The normalized spacial score (nSPS) is 18.8. The maximum atomic E-state index is 11.6. The summed E-state index contributed by atoms with van der Waals surface area (Å²) in [5.41, 5.74) is 2.71. The number of para-hydroxylation sites is 1. The van der Waals surface area contributed by atoms with E-state index in [9.17, 15) is 4.79 Å². The number of hydrogen-bond donors (Lipinski definition) is 3. The highest BCUT2D eigenvalue weighted by Crippen LogP contribution is 2.22. The summed E-state index contributed by atoms with van der Waals surface area (Å²) < 4.78 is 0. The Morgan fingerprint density at radius 3 is 2.82 bits per heavy atom. The van der Waals surface area contributed by atoms with Gasteiger partial charge in [-0.1, -0.05) is 18.2 Å². The summed E-state index contributed by atoms with van der Waals surface area (Å²) >= 11 is 0. The molecule has 4 nitrogen and oxygen atoms in total. The quantitative estimate of drug-likeness (QED) is 0.734. The number of fused-ring (bicyclic) bond motifs is 1. The van der Waals surface area contributed by atoms with Gasteiger partial charge >= 0.3 is 0 Å². The highest BCUT2D eigenvalue weighted by Gasteiger charge is 2.25. The van der Waals surface area contributed by atoms with Gasteiger partial charge in [0, 0.05) is 17.4 Å². The number of ketones is 1. The van der Waals surface area contributed by atoms with Crippen molar-refractivity contribution >= 4 is 11.5 Å². The van der Waals surface area contributed by atoms with Crippen LogP contribution < -0.4 is 10.6 Å². The van der Waals surface area contributed by atoms with Crippen LogP contribution in [-0.2, 0) is 0 Å². The fraction of sp³-hybridized carbons (Fsp3) is 0.154. The zero-order valence-corrected chi connectivity index (χ0v) is 9.23. The highest BCUT2D eigenvalue weighted by atomic mass is 16.1. The van der Waals surface area contributed by atoms with Gasteiger partial charge in [-0.25, -0.2) is 0 Å². The van der Waals surface area contributed by atoms with E-state index in [-0.39, 0.29) is 11.9 Å². The van der Waals surface area contributed by atoms with Gasteiger partial charge in [0.1, 0.15) is 6.17 Å². The minimum atomic E-state index is -0.0416. The van der Waals surface area contributed by atoms with Crippen molar-refractivity contribution in [3.05, 3.63) is 53.9 Å². The average Bonchev–Trinajstić information content (AvgIpc) is 2.84. The lowest BCUT2D eigenvalue weighted by molar-refractivity contribution is 0.0977. The lowest BCUT2D eigenvalue weighted by Gasteiger charge is -2.25. The van der Waals surface area contributed by atoms with E-state index in [1.165, 1.54) is 0 Å². The molecule has 2 heterocycles. The van der Waals surface area contributed by atoms with E-state index < -0.39 is 0 Å². The van der Waals surface area contributed by atoms with Crippen LogP contribution >= 0.6 is 0 Å². The summed E-state index contributed by atoms with van der Waals surface area (Å²) in [5, 5.41) is 6.52. The third kappa shape index (κ3) is 1.83. The van der Waals surface area contributed by atoms with Gasteiger partial charge in [0.15, 0.2) is 5.78 Å². The SMILES string of the molecule is O=C1CNC(Nc2ccccc2)c2[nH]ccc21. The summed E-state index contributed by atoms with van der Waals surface area (Å²) in [6.07, 6.45) is 1.76. The number of anilines is 1. The number of Topliss-reactive ketones (excluding diaryl/α,β-unsaturated/α-hetero) is 1. The Kier molecular flexibility index (Phi) is 2.42. The van der Waals surface area contributed by atoms with Crippen molar-refractivity contribution in [1.29, 1.82) is 0 Å². The molecule has 0 spiro atoms. The Labute approximate surface area is 99.0 Å². The smallest absolute Gasteiger partial charge is 0.178 e. The number of carbonyl (C=O) groups is 1. The first-order chi connectivity index (χ1) is 8.34. The molecular weight excluding hydrogens is 214 g/mol. The summed E-state index contributed by atoms with van der Waals surface area (Å²) in [5.74, 6) is 0.132. The number of aromatic amines is 1. The fourth-order valence-electron chi connectivity index (χ4n) is 2.08. The monoisotopic (exact) mass is 227 g/mol. The molecule has 0 amide bonds. The summed E-state index contributed by atoms with van der Waals surface area (Å²) in [6, 6.07) is 11.8. The van der Waals surface area contributed by atoms with E-state index in [1.807, 2.05) is 36.4 Å². The van der Waals surface area contributed by atoms with E-state index in [2.05, 4.69) is 15.6 Å². The van der Waals surface area contributed by atoms with Gasteiger partial charge in [0.05, 0.1) is 12.2 Å². The van der Waals surface area contributed by atoms with Crippen LogP contribution in [0.4, 0.5) is 5.69 Å². The van der Waals surface area contributed by atoms with Crippen LogP contribution in [-0.4, -0.2) is 17.3 Å². The van der Waals surface area contributed by atoms with Crippen molar-refractivity contribution in [3.63, 3.8) is 0 Å². The van der Waals surface area contributed by atoms with Crippen LogP contribution in [0.2, 0.25) is 0 Å². The summed E-state index contributed by atoms with van der Waals surface area (Å²) in [4.78, 5) is 14.7. The number of carbonyl (C=O) groups excluding carboxylic acids is 1. The lowest BCUT2D eigenvalue weighted by atomic mass is 10.1. The molecule has 0 radical (unpaired) electrons.